The van der Waals surface area contributed by atoms with Gasteiger partial charge in [-0.25, -0.2) is 9.79 Å². The van der Waals surface area contributed by atoms with E-state index in [-0.39, 0.29) is 11.7 Å². The molecule has 3 heterocycles. The predicted molar refractivity (Wildman–Crippen MR) is 152 cm³/mol. The topological polar surface area (TPSA) is 65.6 Å². The molecule has 0 N–H and O–H groups in total. The average Bonchev–Trinajstić information content (AvgIpc) is 3.33. The van der Waals surface area contributed by atoms with E-state index in [1.807, 2.05) is 43.3 Å². The molecule has 0 spiro atoms. The summed E-state index contributed by atoms with van der Waals surface area (Å²) in [5.41, 5.74) is 5.56. The smallest absolute Gasteiger partial charge is 0.338 e. The van der Waals surface area contributed by atoms with Gasteiger partial charge in [0, 0.05) is 22.1 Å². The van der Waals surface area contributed by atoms with Crippen molar-refractivity contribution in [1.29, 1.82) is 0 Å². The number of hydrogen-bond acceptors (Lipinski definition) is 5. The molecule has 1 aliphatic rings. The maximum absolute atomic E-state index is 13.9. The number of carbonyl (C=O) groups excluding carboxylic acids is 1. The van der Waals surface area contributed by atoms with Crippen molar-refractivity contribution in [3.8, 4) is 5.69 Å². The molecule has 0 aliphatic carbocycles. The Labute approximate surface area is 229 Å². The Kier molecular flexibility index (Phi) is 6.99. The van der Waals surface area contributed by atoms with Crippen LogP contribution in [0.4, 0.5) is 0 Å². The third-order valence-corrected chi connectivity index (χ3v) is 7.78. The van der Waals surface area contributed by atoms with Gasteiger partial charge in [-0.05, 0) is 82.2 Å². The van der Waals surface area contributed by atoms with Crippen molar-refractivity contribution in [3.05, 3.63) is 119 Å². The lowest BCUT2D eigenvalue weighted by atomic mass is 9.96. The zero-order valence-corrected chi connectivity index (χ0v) is 23.4. The van der Waals surface area contributed by atoms with Gasteiger partial charge in [0.25, 0.3) is 5.56 Å². The molecule has 194 valence electrons. The second-order valence-electron chi connectivity index (χ2n) is 9.58. The summed E-state index contributed by atoms with van der Waals surface area (Å²) in [6.45, 7) is 9.47. The van der Waals surface area contributed by atoms with Crippen molar-refractivity contribution in [2.24, 2.45) is 4.99 Å². The molecule has 0 unspecified atom stereocenters. The largest absolute Gasteiger partial charge is 0.459 e. The number of fused-ring (bicyclic) bond motifs is 1. The van der Waals surface area contributed by atoms with Crippen molar-refractivity contribution in [3.63, 3.8) is 0 Å². The quantitative estimate of drug-likeness (QED) is 0.322. The van der Waals surface area contributed by atoms with Crippen LogP contribution in [0.3, 0.4) is 0 Å². The molecule has 2 aromatic heterocycles. The van der Waals surface area contributed by atoms with E-state index in [1.54, 1.807) is 37.5 Å². The second-order valence-corrected chi connectivity index (χ2v) is 11.0. The predicted octanol–water partition coefficient (Wildman–Crippen LogP) is 5.25. The van der Waals surface area contributed by atoms with Gasteiger partial charge in [0.2, 0.25) is 0 Å². The number of carbonyl (C=O) groups is 1. The maximum Gasteiger partial charge on any atom is 0.338 e. The van der Waals surface area contributed by atoms with Crippen LogP contribution in [0.2, 0.25) is 5.02 Å². The van der Waals surface area contributed by atoms with E-state index in [1.165, 1.54) is 11.3 Å². The minimum atomic E-state index is -0.673. The van der Waals surface area contributed by atoms with Crippen LogP contribution in [0.15, 0.2) is 81.7 Å². The molecule has 5 rings (SSSR count). The first-order valence-corrected chi connectivity index (χ1v) is 13.6. The lowest BCUT2D eigenvalue weighted by Crippen LogP contribution is -2.40. The minimum Gasteiger partial charge on any atom is -0.459 e. The molecule has 0 amide bonds. The third kappa shape index (κ3) is 4.68. The van der Waals surface area contributed by atoms with E-state index in [9.17, 15) is 9.59 Å². The number of rotatable bonds is 5. The van der Waals surface area contributed by atoms with E-state index < -0.39 is 12.0 Å². The molecule has 8 heteroatoms. The number of halogens is 1. The van der Waals surface area contributed by atoms with Gasteiger partial charge in [-0.1, -0.05) is 53.3 Å². The highest BCUT2D eigenvalue weighted by molar-refractivity contribution is 7.07. The minimum absolute atomic E-state index is 0.208. The van der Waals surface area contributed by atoms with Crippen LogP contribution in [0.25, 0.3) is 11.8 Å². The van der Waals surface area contributed by atoms with Crippen LogP contribution < -0.4 is 14.9 Å². The Balaban J connectivity index is 1.69. The van der Waals surface area contributed by atoms with Gasteiger partial charge >= 0.3 is 5.97 Å². The summed E-state index contributed by atoms with van der Waals surface area (Å²) < 4.78 is 9.87. The van der Waals surface area contributed by atoms with Crippen LogP contribution in [-0.2, 0) is 9.53 Å². The molecule has 0 saturated carbocycles. The van der Waals surface area contributed by atoms with Crippen molar-refractivity contribution in [2.75, 3.05) is 0 Å². The second kappa shape index (κ2) is 10.2. The van der Waals surface area contributed by atoms with E-state index in [0.717, 1.165) is 28.2 Å². The first-order chi connectivity index (χ1) is 18.2. The van der Waals surface area contributed by atoms with E-state index in [2.05, 4.69) is 34.7 Å². The first kappa shape index (κ1) is 25.9. The van der Waals surface area contributed by atoms with Gasteiger partial charge in [-0.15, -0.1) is 0 Å². The van der Waals surface area contributed by atoms with E-state index in [0.29, 0.717) is 25.6 Å². The molecule has 2 aromatic carbocycles. The fourth-order valence-corrected chi connectivity index (χ4v) is 6.03. The Bertz CT molecular complexity index is 1740. The molecular formula is C30H28ClN3O3S. The standard InChI is InChI=1S/C30H28ClN3O3S/c1-17(2)37-29(36)26-19(4)32-30-34(27(26)21-11-13-23(31)14-12-21)28(35)25(38-30)16-22-15-18(3)33(20(22)5)24-9-7-6-8-10-24/h6-17,27H,1-5H3/b25-16-/t27-/m0/s1. The third-order valence-electron chi connectivity index (χ3n) is 6.54. The number of thiazole rings is 1. The molecule has 1 aliphatic heterocycles. The van der Waals surface area contributed by atoms with Crippen molar-refractivity contribution >= 4 is 35.0 Å². The molecule has 6 nitrogen and oxygen atoms in total. The number of aromatic nitrogens is 2. The summed E-state index contributed by atoms with van der Waals surface area (Å²) in [7, 11) is 0. The Morgan fingerprint density at radius 3 is 2.42 bits per heavy atom. The molecule has 38 heavy (non-hydrogen) atoms. The molecular weight excluding hydrogens is 518 g/mol. The van der Waals surface area contributed by atoms with Crippen LogP contribution in [0.1, 0.15) is 49.3 Å². The summed E-state index contributed by atoms with van der Waals surface area (Å²) in [6, 6.07) is 18.7. The molecule has 1 atom stereocenters. The van der Waals surface area contributed by atoms with Crippen molar-refractivity contribution < 1.29 is 9.53 Å². The van der Waals surface area contributed by atoms with Crippen molar-refractivity contribution in [1.82, 2.24) is 9.13 Å². The fraction of sp³-hybridized carbons (Fsp3) is 0.233. The first-order valence-electron chi connectivity index (χ1n) is 12.4. The average molecular weight is 546 g/mol. The van der Waals surface area contributed by atoms with Crippen LogP contribution in [0.5, 0.6) is 0 Å². The van der Waals surface area contributed by atoms with Gasteiger partial charge < -0.3 is 9.30 Å². The van der Waals surface area contributed by atoms with Crippen LogP contribution in [-0.4, -0.2) is 21.2 Å². The van der Waals surface area contributed by atoms with E-state index in [4.69, 9.17) is 16.3 Å². The lowest BCUT2D eigenvalue weighted by molar-refractivity contribution is -0.143. The number of nitrogens with zero attached hydrogens (tertiary/aromatic N) is 3. The number of esters is 1. The highest BCUT2D eigenvalue weighted by Crippen LogP contribution is 2.31. The van der Waals surface area contributed by atoms with Crippen molar-refractivity contribution in [2.45, 2.75) is 46.8 Å². The maximum atomic E-state index is 13.9. The molecule has 0 bridgehead atoms. The summed E-state index contributed by atoms with van der Waals surface area (Å²) in [5, 5.41) is 0.571. The SMILES string of the molecule is CC1=C(C(=O)OC(C)C)[C@H](c2ccc(Cl)cc2)n2c(s/c(=C\c3cc(C)n(-c4ccccc4)c3C)c2=O)=N1. The normalized spacial score (nSPS) is 15.6. The zero-order valence-electron chi connectivity index (χ0n) is 21.9. The van der Waals surface area contributed by atoms with Gasteiger partial charge in [0.05, 0.1) is 27.9 Å². The molecule has 4 aromatic rings. The number of hydrogen-bond donors (Lipinski definition) is 0. The Morgan fingerprint density at radius 2 is 1.76 bits per heavy atom. The van der Waals surface area contributed by atoms with E-state index >= 15 is 0 Å². The summed E-state index contributed by atoms with van der Waals surface area (Å²) in [4.78, 5) is 32.3. The highest BCUT2D eigenvalue weighted by Gasteiger charge is 2.33. The number of allylic oxidation sites excluding steroid dienone is 1. The number of ether oxygens (including phenoxy) is 1. The monoisotopic (exact) mass is 545 g/mol. The Morgan fingerprint density at radius 1 is 1.08 bits per heavy atom. The van der Waals surface area contributed by atoms with Gasteiger partial charge in [0.15, 0.2) is 4.80 Å². The molecule has 0 fully saturated rings. The van der Waals surface area contributed by atoms with Gasteiger partial charge in [-0.3, -0.25) is 9.36 Å². The van der Waals surface area contributed by atoms with Crippen LogP contribution in [0, 0.1) is 13.8 Å². The summed E-state index contributed by atoms with van der Waals surface area (Å²) in [6.07, 6.45) is 1.61. The lowest BCUT2D eigenvalue weighted by Gasteiger charge is -2.25. The van der Waals surface area contributed by atoms with Crippen LogP contribution >= 0.6 is 22.9 Å². The highest BCUT2D eigenvalue weighted by atomic mass is 35.5. The summed E-state index contributed by atoms with van der Waals surface area (Å²) >= 11 is 7.47. The number of aryl methyl sites for hydroxylation is 1. The number of benzene rings is 2. The summed E-state index contributed by atoms with van der Waals surface area (Å²) in [5.74, 6) is -0.484. The number of para-hydroxylation sites is 1. The van der Waals surface area contributed by atoms with Gasteiger partial charge in [-0.2, -0.15) is 0 Å². The molecule has 0 radical (unpaired) electrons. The molecule has 0 saturated heterocycles. The fourth-order valence-electron chi connectivity index (χ4n) is 4.87. The Hall–Kier alpha value is -3.68. The zero-order chi connectivity index (χ0) is 27.1. The van der Waals surface area contributed by atoms with Gasteiger partial charge in [0.1, 0.15) is 0 Å².